The second-order valence-electron chi connectivity index (χ2n) is 14.3. The van der Waals surface area contributed by atoms with Crippen molar-refractivity contribution < 1.29 is 23.8 Å². The Balaban J connectivity index is 0.910. The van der Waals surface area contributed by atoms with Crippen molar-refractivity contribution in [2.24, 2.45) is 0 Å². The Morgan fingerprint density at radius 1 is 0.824 bits per heavy atom. The third-order valence-electron chi connectivity index (χ3n) is 11.4. The molecule has 8 rings (SSSR count). The number of para-hydroxylation sites is 2. The van der Waals surface area contributed by atoms with Gasteiger partial charge in [-0.15, -0.1) is 10.2 Å². The molecule has 2 amide bonds. The van der Waals surface area contributed by atoms with Gasteiger partial charge >= 0.3 is 0 Å². The van der Waals surface area contributed by atoms with Crippen molar-refractivity contribution in [1.29, 1.82) is 0 Å². The van der Waals surface area contributed by atoms with Gasteiger partial charge in [-0.05, 0) is 117 Å². The molecule has 0 radical (unpaired) electrons. The average Bonchev–Trinajstić information content (AvgIpc) is 3.15. The molecule has 4 aromatic rings. The molecule has 1 atom stereocenters. The molecule has 0 spiro atoms. The monoisotopic (exact) mass is 690 g/mol. The molecule has 51 heavy (non-hydrogen) atoms. The van der Waals surface area contributed by atoms with Crippen LogP contribution in [0.2, 0.25) is 0 Å². The van der Waals surface area contributed by atoms with E-state index in [1.807, 2.05) is 18.2 Å². The quantitative estimate of drug-likeness (QED) is 0.204. The van der Waals surface area contributed by atoms with E-state index in [2.05, 4.69) is 37.4 Å². The van der Waals surface area contributed by atoms with Gasteiger partial charge < -0.3 is 25.4 Å². The van der Waals surface area contributed by atoms with Crippen molar-refractivity contribution >= 4 is 23.3 Å². The summed E-state index contributed by atoms with van der Waals surface area (Å²) in [5, 5.41) is 21.1. The molecule has 2 saturated heterocycles. The minimum absolute atomic E-state index is 0.0726. The van der Waals surface area contributed by atoms with Gasteiger partial charge in [0, 0.05) is 29.2 Å². The number of hydrogen-bond acceptors (Lipinski definition) is 9. The lowest BCUT2D eigenvalue weighted by molar-refractivity contribution is -0.134. The highest BCUT2D eigenvalue weighted by atomic mass is 19.1. The molecule has 264 valence electrons. The molecule has 3 aromatic carbocycles. The van der Waals surface area contributed by atoms with Crippen LogP contribution in [0.15, 0.2) is 66.7 Å². The second-order valence-corrected chi connectivity index (χ2v) is 14.3. The number of amides is 2. The third kappa shape index (κ3) is 6.51. The summed E-state index contributed by atoms with van der Waals surface area (Å²) < 4.78 is 21.6. The van der Waals surface area contributed by atoms with Crippen LogP contribution in [0.3, 0.4) is 0 Å². The molecule has 11 heteroatoms. The number of nitrogens with two attached hydrogens (primary N) is 1. The minimum Gasteiger partial charge on any atom is -0.507 e. The standard InChI is InChI=1S/C40H43FN6O4/c41-32-13-10-26(22-30(32)31-23-33(44-45-39(31)42)29-4-1-2-7-36(29)48)24-16-18-46(19-17-24)27-11-8-25(9-12-27)28-5-3-6-34-38(28)51-21-20-47(34)35-14-15-37(49)43-40(35)50/h1-7,10,13,22-25,27,35,48H,8-9,11-12,14-21H2,(H2,42,45)(H,43,49,50)/t25-,27-,35?. The number of benzene rings is 3. The average molecular weight is 691 g/mol. The molecule has 4 heterocycles. The Kier molecular flexibility index (Phi) is 9.06. The van der Waals surface area contributed by atoms with Gasteiger partial charge in [0.15, 0.2) is 5.82 Å². The van der Waals surface area contributed by atoms with Crippen LogP contribution in [-0.4, -0.2) is 70.3 Å². The number of anilines is 2. The number of nitrogens with zero attached hydrogens (tertiary/aromatic N) is 4. The zero-order valence-electron chi connectivity index (χ0n) is 28.6. The first-order chi connectivity index (χ1) is 24.8. The first-order valence-corrected chi connectivity index (χ1v) is 18.2. The van der Waals surface area contributed by atoms with Crippen LogP contribution in [0.5, 0.6) is 11.5 Å². The van der Waals surface area contributed by atoms with E-state index in [1.54, 1.807) is 30.3 Å². The van der Waals surface area contributed by atoms with Crippen molar-refractivity contribution in [3.8, 4) is 33.9 Å². The number of rotatable bonds is 6. The number of piperidine rings is 2. The van der Waals surface area contributed by atoms with E-state index in [-0.39, 0.29) is 35.2 Å². The second kappa shape index (κ2) is 13.9. The Hall–Kier alpha value is -5.03. The zero-order chi connectivity index (χ0) is 35.1. The summed E-state index contributed by atoms with van der Waals surface area (Å²) >= 11 is 0. The van der Waals surface area contributed by atoms with Gasteiger partial charge in [-0.3, -0.25) is 14.9 Å². The van der Waals surface area contributed by atoms with E-state index in [0.29, 0.717) is 66.3 Å². The largest absolute Gasteiger partial charge is 0.507 e. The molecule has 4 N–H and O–H groups in total. The molecule has 1 aliphatic carbocycles. The number of halogens is 1. The van der Waals surface area contributed by atoms with Crippen LogP contribution in [0.25, 0.3) is 22.4 Å². The lowest BCUT2D eigenvalue weighted by Crippen LogP contribution is -2.54. The molecule has 1 unspecified atom stereocenters. The van der Waals surface area contributed by atoms with E-state index in [9.17, 15) is 14.7 Å². The number of aromatic nitrogens is 2. The minimum atomic E-state index is -0.371. The SMILES string of the molecule is Nc1nnc(-c2ccccc2O)cc1-c1cc(C2CCN([C@H]3CC[C@H](c4cccc5c4OCCN5C4CCC(=O)NC4=O)CC3)CC2)ccc1F. The van der Waals surface area contributed by atoms with Gasteiger partial charge in [0.1, 0.15) is 30.0 Å². The number of carbonyl (C=O) groups is 2. The summed E-state index contributed by atoms with van der Waals surface area (Å²) in [7, 11) is 0. The summed E-state index contributed by atoms with van der Waals surface area (Å²) in [5.41, 5.74) is 11.3. The Morgan fingerprint density at radius 2 is 1.63 bits per heavy atom. The molecule has 1 aromatic heterocycles. The molecule has 4 aliphatic rings. The molecule has 1 saturated carbocycles. The first-order valence-electron chi connectivity index (χ1n) is 18.2. The highest BCUT2D eigenvalue weighted by Crippen LogP contribution is 2.46. The van der Waals surface area contributed by atoms with Gasteiger partial charge in [0.25, 0.3) is 0 Å². The fourth-order valence-corrected chi connectivity index (χ4v) is 8.71. The Bertz CT molecular complexity index is 1960. The van der Waals surface area contributed by atoms with Crippen molar-refractivity contribution in [1.82, 2.24) is 20.4 Å². The summed E-state index contributed by atoms with van der Waals surface area (Å²) in [6.45, 7) is 3.13. The van der Waals surface area contributed by atoms with Gasteiger partial charge in [-0.25, -0.2) is 4.39 Å². The van der Waals surface area contributed by atoms with E-state index < -0.39 is 0 Å². The molecular formula is C40H43FN6O4. The molecule has 10 nitrogen and oxygen atoms in total. The summed E-state index contributed by atoms with van der Waals surface area (Å²) in [6.07, 6.45) is 7.26. The number of likely N-dealkylation sites (tertiary alicyclic amines) is 1. The normalized spacial score (nSPS) is 23.0. The fourth-order valence-electron chi connectivity index (χ4n) is 8.71. The van der Waals surface area contributed by atoms with Crippen LogP contribution in [0.1, 0.15) is 74.3 Å². The number of nitrogen functional groups attached to an aromatic ring is 1. The maximum absolute atomic E-state index is 15.3. The third-order valence-corrected chi connectivity index (χ3v) is 11.4. The van der Waals surface area contributed by atoms with Crippen LogP contribution in [-0.2, 0) is 9.59 Å². The van der Waals surface area contributed by atoms with Crippen LogP contribution in [0, 0.1) is 5.82 Å². The number of ether oxygens (including phenoxy) is 1. The van der Waals surface area contributed by atoms with Crippen LogP contribution in [0.4, 0.5) is 15.9 Å². The van der Waals surface area contributed by atoms with Crippen molar-refractivity contribution in [3.05, 3.63) is 83.7 Å². The van der Waals surface area contributed by atoms with Gasteiger partial charge in [0.2, 0.25) is 11.8 Å². The number of phenolic OH excluding ortho intramolecular Hbond substituents is 1. The molecule has 0 bridgehead atoms. The molecular weight excluding hydrogens is 647 g/mol. The van der Waals surface area contributed by atoms with Crippen molar-refractivity contribution in [3.63, 3.8) is 0 Å². The number of aromatic hydroxyl groups is 1. The Labute approximate surface area is 296 Å². The van der Waals surface area contributed by atoms with Gasteiger partial charge in [-0.2, -0.15) is 0 Å². The zero-order valence-corrected chi connectivity index (χ0v) is 28.6. The van der Waals surface area contributed by atoms with Crippen molar-refractivity contribution in [2.45, 2.75) is 75.3 Å². The lowest BCUT2D eigenvalue weighted by Gasteiger charge is -2.42. The van der Waals surface area contributed by atoms with Crippen LogP contribution < -0.4 is 20.7 Å². The summed E-state index contributed by atoms with van der Waals surface area (Å²) in [6, 6.07) is 20.4. The smallest absolute Gasteiger partial charge is 0.249 e. The highest BCUT2D eigenvalue weighted by molar-refractivity contribution is 6.02. The maximum atomic E-state index is 15.3. The lowest BCUT2D eigenvalue weighted by atomic mass is 9.79. The molecule has 3 fully saturated rings. The number of imide groups is 1. The summed E-state index contributed by atoms with van der Waals surface area (Å²) in [5.74, 6) is 1.03. The number of nitrogens with one attached hydrogen (secondary N) is 1. The predicted molar refractivity (Wildman–Crippen MR) is 193 cm³/mol. The number of phenols is 1. The fraction of sp³-hybridized carbons (Fsp3) is 0.400. The first kappa shape index (κ1) is 33.1. The van der Waals surface area contributed by atoms with E-state index in [1.165, 1.54) is 11.6 Å². The van der Waals surface area contributed by atoms with E-state index >= 15 is 4.39 Å². The predicted octanol–water partition coefficient (Wildman–Crippen LogP) is 6.15. The van der Waals surface area contributed by atoms with E-state index in [0.717, 1.165) is 68.6 Å². The number of fused-ring (bicyclic) bond motifs is 1. The van der Waals surface area contributed by atoms with Crippen molar-refractivity contribution in [2.75, 3.05) is 36.9 Å². The highest BCUT2D eigenvalue weighted by Gasteiger charge is 2.37. The Morgan fingerprint density at radius 3 is 2.41 bits per heavy atom. The molecule has 3 aliphatic heterocycles. The maximum Gasteiger partial charge on any atom is 0.249 e. The topological polar surface area (TPSA) is 134 Å². The number of hydrogen-bond donors (Lipinski definition) is 3. The number of carbonyl (C=O) groups excluding carboxylic acids is 2. The van der Waals surface area contributed by atoms with Crippen LogP contribution >= 0.6 is 0 Å². The van der Waals surface area contributed by atoms with Gasteiger partial charge in [-0.1, -0.05) is 30.3 Å². The van der Waals surface area contributed by atoms with E-state index in [4.69, 9.17) is 10.5 Å². The summed E-state index contributed by atoms with van der Waals surface area (Å²) in [4.78, 5) is 29.2. The van der Waals surface area contributed by atoms with Gasteiger partial charge in [0.05, 0.1) is 17.9 Å².